The van der Waals surface area contributed by atoms with E-state index in [0.29, 0.717) is 0 Å². The lowest BCUT2D eigenvalue weighted by atomic mass is 10.2. The fraction of sp³-hybridized carbons (Fsp3) is 0.455. The minimum Gasteiger partial charge on any atom is -0.417 e. The quantitative estimate of drug-likeness (QED) is 0.757. The second-order valence-electron chi connectivity index (χ2n) is 4.34. The largest absolute Gasteiger partial charge is 0.417 e. The Balaban J connectivity index is 2.39. The van der Waals surface area contributed by atoms with Crippen molar-refractivity contribution in [2.45, 2.75) is 26.1 Å². The average molecular weight is 273 g/mol. The predicted octanol–water partition coefficient (Wildman–Crippen LogP) is 3.84. The number of halogens is 1. The Morgan fingerprint density at radius 3 is 2.57 bits per heavy atom. The van der Waals surface area contributed by atoms with Crippen LogP contribution < -0.4 is 0 Å². The molecule has 0 heterocycles. The molecule has 0 atom stereocenters. The molecule has 1 aromatic carbocycles. The van der Waals surface area contributed by atoms with Crippen molar-refractivity contribution in [1.82, 2.24) is 0 Å². The van der Waals surface area contributed by atoms with E-state index in [1.807, 2.05) is 6.07 Å². The number of hydrogen-bond acceptors (Lipinski definition) is 1. The van der Waals surface area contributed by atoms with Gasteiger partial charge in [0.1, 0.15) is 0 Å². The maximum absolute atomic E-state index is 5.80. The highest BCUT2D eigenvalue weighted by Crippen LogP contribution is 2.12. The van der Waals surface area contributed by atoms with Crippen LogP contribution in [0.1, 0.15) is 5.56 Å². The third-order valence-corrected chi connectivity index (χ3v) is 3.38. The highest BCUT2D eigenvalue weighted by atomic mass is 79.9. The second-order valence-corrected chi connectivity index (χ2v) is 9.77. The van der Waals surface area contributed by atoms with E-state index in [1.54, 1.807) is 0 Å². The first-order chi connectivity index (χ1) is 6.47. The van der Waals surface area contributed by atoms with Gasteiger partial charge >= 0.3 is 0 Å². The molecule has 1 rings (SSSR count). The van der Waals surface area contributed by atoms with Crippen molar-refractivity contribution in [2.75, 3.05) is 6.61 Å². The monoisotopic (exact) mass is 272 g/mol. The van der Waals surface area contributed by atoms with Gasteiger partial charge in [-0.1, -0.05) is 28.1 Å². The number of benzene rings is 1. The van der Waals surface area contributed by atoms with Crippen molar-refractivity contribution < 1.29 is 4.43 Å². The minimum atomic E-state index is -1.34. The van der Waals surface area contributed by atoms with Crippen LogP contribution in [0.2, 0.25) is 19.6 Å². The van der Waals surface area contributed by atoms with Crippen LogP contribution in [0.5, 0.6) is 0 Å². The normalized spacial score (nSPS) is 11.7. The Morgan fingerprint density at radius 2 is 2.00 bits per heavy atom. The van der Waals surface area contributed by atoms with Crippen molar-refractivity contribution in [3.8, 4) is 0 Å². The van der Waals surface area contributed by atoms with Gasteiger partial charge in [-0.15, -0.1) is 0 Å². The van der Waals surface area contributed by atoms with E-state index in [1.165, 1.54) is 5.56 Å². The molecule has 1 nitrogen and oxygen atoms in total. The van der Waals surface area contributed by atoms with Crippen LogP contribution in [-0.2, 0) is 10.8 Å². The SMILES string of the molecule is C[Si](C)(C)OCCc1cccc(Br)c1. The molecule has 0 spiro atoms. The molecule has 0 amide bonds. The third kappa shape index (κ3) is 4.93. The predicted molar refractivity (Wildman–Crippen MR) is 67.1 cm³/mol. The molecule has 0 fully saturated rings. The average Bonchev–Trinajstić information content (AvgIpc) is 2.01. The summed E-state index contributed by atoms with van der Waals surface area (Å²) in [7, 11) is -1.34. The molecule has 14 heavy (non-hydrogen) atoms. The molecule has 0 aliphatic heterocycles. The molecule has 1 aromatic rings. The fourth-order valence-electron chi connectivity index (χ4n) is 1.17. The van der Waals surface area contributed by atoms with Crippen molar-refractivity contribution in [3.63, 3.8) is 0 Å². The number of rotatable bonds is 4. The van der Waals surface area contributed by atoms with E-state index in [0.717, 1.165) is 17.5 Å². The standard InChI is InChI=1S/C11H17BrOSi/c1-14(2,3)13-8-7-10-5-4-6-11(12)9-10/h4-6,9H,7-8H2,1-3H3. The molecule has 0 N–H and O–H groups in total. The van der Waals surface area contributed by atoms with E-state index in [4.69, 9.17) is 4.43 Å². The summed E-state index contributed by atoms with van der Waals surface area (Å²) in [5.41, 5.74) is 1.33. The van der Waals surface area contributed by atoms with Gasteiger partial charge in [-0.2, -0.15) is 0 Å². The molecule has 0 saturated carbocycles. The van der Waals surface area contributed by atoms with E-state index in [9.17, 15) is 0 Å². The summed E-state index contributed by atoms with van der Waals surface area (Å²) in [4.78, 5) is 0. The summed E-state index contributed by atoms with van der Waals surface area (Å²) < 4.78 is 6.94. The lowest BCUT2D eigenvalue weighted by Gasteiger charge is -2.16. The summed E-state index contributed by atoms with van der Waals surface area (Å²) >= 11 is 3.46. The van der Waals surface area contributed by atoms with E-state index < -0.39 is 8.32 Å². The molecule has 0 aromatic heterocycles. The highest BCUT2D eigenvalue weighted by molar-refractivity contribution is 9.10. The summed E-state index contributed by atoms with van der Waals surface area (Å²) in [6.45, 7) is 7.49. The summed E-state index contributed by atoms with van der Waals surface area (Å²) in [5.74, 6) is 0. The minimum absolute atomic E-state index is 0.839. The second kappa shape index (κ2) is 5.10. The summed E-state index contributed by atoms with van der Waals surface area (Å²) in [6.07, 6.45) is 1.00. The van der Waals surface area contributed by atoms with Gasteiger partial charge in [-0.25, -0.2) is 0 Å². The van der Waals surface area contributed by atoms with Gasteiger partial charge in [0.15, 0.2) is 8.32 Å². The molecule has 3 heteroatoms. The Hall–Kier alpha value is -0.123. The molecule has 0 aliphatic carbocycles. The maximum atomic E-state index is 5.80. The van der Waals surface area contributed by atoms with Crippen LogP contribution in [-0.4, -0.2) is 14.9 Å². The van der Waals surface area contributed by atoms with Gasteiger partial charge in [-0.3, -0.25) is 0 Å². The van der Waals surface area contributed by atoms with Gasteiger partial charge in [0.2, 0.25) is 0 Å². The molecular formula is C11H17BrOSi. The lowest BCUT2D eigenvalue weighted by Crippen LogP contribution is -2.26. The zero-order valence-corrected chi connectivity index (χ0v) is 11.6. The Labute approximate surface area is 95.7 Å². The molecule has 78 valence electrons. The molecule has 0 radical (unpaired) electrons. The van der Waals surface area contributed by atoms with Crippen molar-refractivity contribution in [2.24, 2.45) is 0 Å². The first-order valence-electron chi connectivity index (χ1n) is 4.86. The Bertz CT molecular complexity index is 294. The Kier molecular flexibility index (Phi) is 4.35. The van der Waals surface area contributed by atoms with Crippen LogP contribution >= 0.6 is 15.9 Å². The van der Waals surface area contributed by atoms with E-state index in [-0.39, 0.29) is 0 Å². The van der Waals surface area contributed by atoms with Crippen LogP contribution in [0.4, 0.5) is 0 Å². The fourth-order valence-corrected chi connectivity index (χ4v) is 2.33. The summed E-state index contributed by atoms with van der Waals surface area (Å²) in [6, 6.07) is 8.39. The molecule has 0 bridgehead atoms. The maximum Gasteiger partial charge on any atom is 0.183 e. The van der Waals surface area contributed by atoms with Crippen molar-refractivity contribution in [1.29, 1.82) is 0 Å². The van der Waals surface area contributed by atoms with Crippen LogP contribution in [0.3, 0.4) is 0 Å². The van der Waals surface area contributed by atoms with E-state index in [2.05, 4.69) is 53.8 Å². The van der Waals surface area contributed by atoms with Crippen LogP contribution in [0.15, 0.2) is 28.7 Å². The number of hydrogen-bond donors (Lipinski definition) is 0. The lowest BCUT2D eigenvalue weighted by molar-refractivity contribution is 0.316. The van der Waals surface area contributed by atoms with Crippen LogP contribution in [0, 0.1) is 0 Å². The van der Waals surface area contributed by atoms with Gasteiger partial charge in [-0.05, 0) is 43.8 Å². The van der Waals surface area contributed by atoms with Gasteiger partial charge in [0.05, 0.1) is 0 Å². The topological polar surface area (TPSA) is 9.23 Å². The molecule has 0 aliphatic rings. The highest BCUT2D eigenvalue weighted by Gasteiger charge is 2.13. The van der Waals surface area contributed by atoms with Gasteiger partial charge < -0.3 is 4.43 Å². The third-order valence-electron chi connectivity index (χ3n) is 1.81. The first-order valence-corrected chi connectivity index (χ1v) is 9.06. The zero-order valence-electron chi connectivity index (χ0n) is 9.01. The van der Waals surface area contributed by atoms with Crippen LogP contribution in [0.25, 0.3) is 0 Å². The molecule has 0 unspecified atom stereocenters. The zero-order chi connectivity index (χ0) is 10.6. The molecule has 0 saturated heterocycles. The Morgan fingerprint density at radius 1 is 1.29 bits per heavy atom. The van der Waals surface area contributed by atoms with E-state index >= 15 is 0 Å². The first kappa shape index (κ1) is 11.9. The van der Waals surface area contributed by atoms with Gasteiger partial charge in [0, 0.05) is 11.1 Å². The van der Waals surface area contributed by atoms with Gasteiger partial charge in [0.25, 0.3) is 0 Å². The van der Waals surface area contributed by atoms with Crippen molar-refractivity contribution in [3.05, 3.63) is 34.3 Å². The smallest absolute Gasteiger partial charge is 0.183 e. The van der Waals surface area contributed by atoms with Crippen molar-refractivity contribution >= 4 is 24.2 Å². The summed E-state index contributed by atoms with van der Waals surface area (Å²) in [5, 5.41) is 0. The molecular weight excluding hydrogens is 256 g/mol.